The van der Waals surface area contributed by atoms with E-state index in [1.165, 1.54) is 0 Å². The number of rotatable bonds is 4. The normalized spacial score (nSPS) is 11.1. The third kappa shape index (κ3) is 2.17. The molecule has 0 saturated heterocycles. The lowest BCUT2D eigenvalue weighted by Crippen LogP contribution is -2.21. The Morgan fingerprint density at radius 3 is 2.76 bits per heavy atom. The summed E-state index contributed by atoms with van der Waals surface area (Å²) < 4.78 is 7.20. The number of Topliss-reactive ketones (excluding diaryl/α,β-unsaturated/α-hetero) is 1. The van der Waals surface area contributed by atoms with Crippen molar-refractivity contribution in [3.8, 4) is 5.75 Å². The van der Waals surface area contributed by atoms with Crippen LogP contribution in [-0.4, -0.2) is 42.8 Å². The molecular weight excluding hydrogens is 216 g/mol. The molecule has 90 valence electrons. The van der Waals surface area contributed by atoms with Gasteiger partial charge in [0, 0.05) is 18.0 Å². The molecule has 17 heavy (non-hydrogen) atoms. The molecule has 0 aliphatic rings. The average Bonchev–Trinajstić information content (AvgIpc) is 2.71. The lowest BCUT2D eigenvalue weighted by atomic mass is 10.1. The van der Waals surface area contributed by atoms with Crippen LogP contribution < -0.4 is 4.74 Å². The molecule has 2 rings (SSSR count). The van der Waals surface area contributed by atoms with E-state index >= 15 is 0 Å². The van der Waals surface area contributed by atoms with Gasteiger partial charge in [-0.1, -0.05) is 0 Å². The van der Waals surface area contributed by atoms with E-state index in [-0.39, 0.29) is 5.78 Å². The maximum absolute atomic E-state index is 12.1. The summed E-state index contributed by atoms with van der Waals surface area (Å²) in [5, 5.41) is 0. The Bertz CT molecular complexity index is 543. The number of hydrogen-bond acceptors (Lipinski definition) is 3. The van der Waals surface area contributed by atoms with Crippen LogP contribution in [0.2, 0.25) is 0 Å². The van der Waals surface area contributed by atoms with E-state index < -0.39 is 0 Å². The van der Waals surface area contributed by atoms with E-state index in [9.17, 15) is 4.79 Å². The number of carbonyl (C=O) groups is 1. The van der Waals surface area contributed by atoms with E-state index in [1.54, 1.807) is 7.11 Å². The highest BCUT2D eigenvalue weighted by atomic mass is 16.5. The van der Waals surface area contributed by atoms with Gasteiger partial charge in [-0.05, 0) is 32.3 Å². The quantitative estimate of drug-likeness (QED) is 0.752. The Balaban J connectivity index is 2.51. The van der Waals surface area contributed by atoms with Crippen molar-refractivity contribution >= 4 is 11.3 Å². The van der Waals surface area contributed by atoms with Crippen molar-refractivity contribution in [2.24, 2.45) is 0 Å². The number of carbonyl (C=O) groups excluding carboxylic acids is 1. The average molecular weight is 232 g/mol. The topological polar surface area (TPSA) is 34.0 Å². The lowest BCUT2D eigenvalue weighted by molar-refractivity contribution is 0.0959. The van der Waals surface area contributed by atoms with E-state index in [2.05, 4.69) is 0 Å². The van der Waals surface area contributed by atoms with Crippen molar-refractivity contribution in [3.63, 3.8) is 0 Å². The Labute approximate surface area is 100 Å². The van der Waals surface area contributed by atoms with Crippen LogP contribution in [0.4, 0.5) is 0 Å². The zero-order chi connectivity index (χ0) is 12.4. The molecule has 0 aliphatic carbocycles. The third-order valence-corrected chi connectivity index (χ3v) is 2.62. The minimum absolute atomic E-state index is 0.0991. The molecule has 2 heterocycles. The number of methoxy groups -OCH3 is 1. The van der Waals surface area contributed by atoms with Gasteiger partial charge in [-0.2, -0.15) is 0 Å². The van der Waals surface area contributed by atoms with Crippen molar-refractivity contribution in [3.05, 3.63) is 36.2 Å². The fourth-order valence-corrected chi connectivity index (χ4v) is 1.90. The maximum atomic E-state index is 12.1. The minimum Gasteiger partial charge on any atom is -0.495 e. The Morgan fingerprint density at radius 2 is 2.12 bits per heavy atom. The highest BCUT2D eigenvalue weighted by Gasteiger charge is 2.15. The van der Waals surface area contributed by atoms with Gasteiger partial charge in [0.05, 0.1) is 19.2 Å². The summed E-state index contributed by atoms with van der Waals surface area (Å²) in [5.74, 6) is 0.821. The van der Waals surface area contributed by atoms with Crippen molar-refractivity contribution in [1.82, 2.24) is 9.30 Å². The van der Waals surface area contributed by atoms with Crippen LogP contribution in [0.5, 0.6) is 5.75 Å². The molecule has 2 aromatic rings. The number of aromatic nitrogens is 1. The largest absolute Gasteiger partial charge is 0.495 e. The van der Waals surface area contributed by atoms with Crippen molar-refractivity contribution in [2.45, 2.75) is 0 Å². The van der Waals surface area contributed by atoms with Crippen molar-refractivity contribution in [1.29, 1.82) is 0 Å². The number of pyridine rings is 1. The molecule has 0 spiro atoms. The first-order valence-electron chi connectivity index (χ1n) is 5.45. The van der Waals surface area contributed by atoms with Gasteiger partial charge < -0.3 is 14.0 Å². The molecule has 0 aliphatic heterocycles. The SMILES string of the molecule is COc1cccn2ccc(C(=O)CN(C)C)c12. The summed E-state index contributed by atoms with van der Waals surface area (Å²) >= 11 is 0. The lowest BCUT2D eigenvalue weighted by Gasteiger charge is -2.09. The summed E-state index contributed by atoms with van der Waals surface area (Å²) in [4.78, 5) is 14.0. The summed E-state index contributed by atoms with van der Waals surface area (Å²) in [5.41, 5.74) is 1.54. The molecular formula is C13H16N2O2. The van der Waals surface area contributed by atoms with Gasteiger partial charge in [0.25, 0.3) is 0 Å². The molecule has 0 amide bonds. The number of hydrogen-bond donors (Lipinski definition) is 0. The molecule has 0 unspecified atom stereocenters. The number of ether oxygens (including phenoxy) is 1. The second-order valence-electron chi connectivity index (χ2n) is 4.22. The van der Waals surface area contributed by atoms with Gasteiger partial charge in [0.1, 0.15) is 5.75 Å². The van der Waals surface area contributed by atoms with E-state index in [4.69, 9.17) is 4.74 Å². The predicted molar refractivity (Wildman–Crippen MR) is 66.8 cm³/mol. The standard InChI is InChI=1S/C13H16N2O2/c1-14(2)9-11(16)10-6-8-15-7-4-5-12(17-3)13(10)15/h4-8H,9H2,1-3H3. The fraction of sp³-hybridized carbons (Fsp3) is 0.308. The van der Waals surface area contributed by atoms with Crippen LogP contribution in [0.1, 0.15) is 10.4 Å². The van der Waals surface area contributed by atoms with Gasteiger partial charge in [0.15, 0.2) is 5.78 Å². The molecule has 0 atom stereocenters. The molecule has 0 radical (unpaired) electrons. The molecule has 0 N–H and O–H groups in total. The monoisotopic (exact) mass is 232 g/mol. The molecule has 0 saturated carbocycles. The molecule has 4 nitrogen and oxygen atoms in total. The Morgan fingerprint density at radius 1 is 1.35 bits per heavy atom. The molecule has 0 aromatic carbocycles. The zero-order valence-electron chi connectivity index (χ0n) is 10.3. The van der Waals surface area contributed by atoms with Crippen LogP contribution in [0.25, 0.3) is 5.52 Å². The second kappa shape index (κ2) is 4.59. The van der Waals surface area contributed by atoms with Crippen LogP contribution in [0.15, 0.2) is 30.6 Å². The van der Waals surface area contributed by atoms with Crippen LogP contribution >= 0.6 is 0 Å². The maximum Gasteiger partial charge on any atom is 0.179 e. The number of fused-ring (bicyclic) bond motifs is 1. The summed E-state index contributed by atoms with van der Waals surface area (Å²) in [6, 6.07) is 5.59. The Kier molecular flexibility index (Phi) is 3.15. The number of likely N-dealkylation sites (N-methyl/N-ethyl adjacent to an activating group) is 1. The molecule has 0 fully saturated rings. The highest BCUT2D eigenvalue weighted by Crippen LogP contribution is 2.24. The molecule has 0 bridgehead atoms. The first-order valence-corrected chi connectivity index (χ1v) is 5.45. The van der Waals surface area contributed by atoms with Crippen molar-refractivity contribution in [2.75, 3.05) is 27.7 Å². The fourth-order valence-electron chi connectivity index (χ4n) is 1.90. The van der Waals surface area contributed by atoms with E-state index in [1.807, 2.05) is 54.0 Å². The first kappa shape index (κ1) is 11.7. The van der Waals surface area contributed by atoms with Crippen molar-refractivity contribution < 1.29 is 9.53 Å². The van der Waals surface area contributed by atoms with Gasteiger partial charge in [-0.3, -0.25) is 4.79 Å². The number of ketones is 1. The number of nitrogens with zero attached hydrogens (tertiary/aromatic N) is 2. The minimum atomic E-state index is 0.0991. The summed E-state index contributed by atoms with van der Waals surface area (Å²) in [7, 11) is 5.38. The van der Waals surface area contributed by atoms with E-state index in [0.29, 0.717) is 12.1 Å². The first-order chi connectivity index (χ1) is 8.13. The molecule has 4 heteroatoms. The van der Waals surface area contributed by atoms with Gasteiger partial charge in [-0.15, -0.1) is 0 Å². The van der Waals surface area contributed by atoms with Gasteiger partial charge >= 0.3 is 0 Å². The van der Waals surface area contributed by atoms with E-state index in [0.717, 1.165) is 11.3 Å². The molecule has 2 aromatic heterocycles. The van der Waals surface area contributed by atoms with Gasteiger partial charge in [0.2, 0.25) is 0 Å². The van der Waals surface area contributed by atoms with Crippen LogP contribution in [0, 0.1) is 0 Å². The zero-order valence-corrected chi connectivity index (χ0v) is 10.3. The predicted octanol–water partition coefficient (Wildman–Crippen LogP) is 1.69. The smallest absolute Gasteiger partial charge is 0.179 e. The third-order valence-electron chi connectivity index (χ3n) is 2.62. The summed E-state index contributed by atoms with van der Waals surface area (Å²) in [6.45, 7) is 0.401. The highest BCUT2D eigenvalue weighted by molar-refractivity contribution is 6.05. The van der Waals surface area contributed by atoms with Crippen LogP contribution in [-0.2, 0) is 0 Å². The second-order valence-corrected chi connectivity index (χ2v) is 4.22. The Hall–Kier alpha value is -1.81. The van der Waals surface area contributed by atoms with Crippen LogP contribution in [0.3, 0.4) is 0 Å². The summed E-state index contributed by atoms with van der Waals surface area (Å²) in [6.07, 6.45) is 3.78. The van der Waals surface area contributed by atoms with Gasteiger partial charge in [-0.25, -0.2) is 0 Å².